The number of rotatable bonds is 4. The molecule has 0 aliphatic carbocycles. The fraction of sp³-hybridized carbons (Fsp3) is 0.273. The lowest BCUT2D eigenvalue weighted by Crippen LogP contribution is -2.50. The van der Waals surface area contributed by atoms with Gasteiger partial charge >= 0.3 is 0 Å². The molecule has 2 aromatic carbocycles. The first-order valence-electron chi connectivity index (χ1n) is 9.54. The van der Waals surface area contributed by atoms with Crippen LogP contribution in [0.15, 0.2) is 42.5 Å². The molecule has 156 valence electrons. The van der Waals surface area contributed by atoms with E-state index in [-0.39, 0.29) is 18.6 Å². The highest BCUT2D eigenvalue weighted by Gasteiger charge is 2.24. The van der Waals surface area contributed by atoms with Gasteiger partial charge < -0.3 is 24.0 Å². The van der Waals surface area contributed by atoms with Gasteiger partial charge in [0.2, 0.25) is 12.7 Å². The Morgan fingerprint density at radius 2 is 1.83 bits per heavy atom. The molecule has 0 saturated carbocycles. The maximum atomic E-state index is 12.7. The van der Waals surface area contributed by atoms with Gasteiger partial charge in [-0.2, -0.15) is 0 Å². The zero-order valence-corrected chi connectivity index (χ0v) is 17.2. The molecule has 0 atom stereocenters. The predicted octanol–water partition coefficient (Wildman–Crippen LogP) is 3.08. The maximum absolute atomic E-state index is 12.7. The Morgan fingerprint density at radius 1 is 1.07 bits per heavy atom. The summed E-state index contributed by atoms with van der Waals surface area (Å²) >= 11 is 6.17. The Balaban J connectivity index is 1.35. The van der Waals surface area contributed by atoms with Gasteiger partial charge in [-0.15, -0.1) is 0 Å². The van der Waals surface area contributed by atoms with Crippen LogP contribution in [0.5, 0.6) is 17.2 Å². The number of halogens is 1. The van der Waals surface area contributed by atoms with E-state index in [0.717, 1.165) is 5.56 Å². The summed E-state index contributed by atoms with van der Waals surface area (Å²) in [5.41, 5.74) is 1.33. The molecule has 0 bridgehead atoms. The first-order valence-corrected chi connectivity index (χ1v) is 9.92. The summed E-state index contributed by atoms with van der Waals surface area (Å²) in [6.07, 6.45) is 3.21. The van der Waals surface area contributed by atoms with Gasteiger partial charge in [0.1, 0.15) is 5.75 Å². The summed E-state index contributed by atoms with van der Waals surface area (Å²) in [5.74, 6) is 1.56. The number of amides is 2. The fourth-order valence-electron chi connectivity index (χ4n) is 3.43. The zero-order chi connectivity index (χ0) is 21.1. The number of methoxy groups -OCH3 is 1. The predicted molar refractivity (Wildman–Crippen MR) is 112 cm³/mol. The molecule has 2 amide bonds. The average Bonchev–Trinajstić information content (AvgIpc) is 3.26. The largest absolute Gasteiger partial charge is 0.497 e. The highest BCUT2D eigenvalue weighted by atomic mass is 35.5. The van der Waals surface area contributed by atoms with Gasteiger partial charge in [-0.1, -0.05) is 17.7 Å². The summed E-state index contributed by atoms with van der Waals surface area (Å²) in [5, 5.41) is 0.446. The van der Waals surface area contributed by atoms with Crippen molar-refractivity contribution in [1.82, 2.24) is 9.80 Å². The molecular weight excluding hydrogens is 408 g/mol. The van der Waals surface area contributed by atoms with Crippen LogP contribution < -0.4 is 14.2 Å². The number of carbonyl (C=O) groups is 2. The molecule has 4 rings (SSSR count). The summed E-state index contributed by atoms with van der Waals surface area (Å²) in [4.78, 5) is 28.7. The van der Waals surface area contributed by atoms with Crippen molar-refractivity contribution >= 4 is 29.5 Å². The van der Waals surface area contributed by atoms with Crippen molar-refractivity contribution in [3.05, 3.63) is 58.6 Å². The Bertz CT molecular complexity index is 999. The van der Waals surface area contributed by atoms with E-state index < -0.39 is 0 Å². The third-order valence-corrected chi connectivity index (χ3v) is 5.34. The van der Waals surface area contributed by atoms with Gasteiger partial charge in [0.05, 0.1) is 12.1 Å². The lowest BCUT2D eigenvalue weighted by molar-refractivity contribution is -0.127. The number of hydrogen-bond acceptors (Lipinski definition) is 5. The minimum Gasteiger partial charge on any atom is -0.497 e. The summed E-state index contributed by atoms with van der Waals surface area (Å²) in [6, 6.07) is 10.6. The van der Waals surface area contributed by atoms with E-state index in [1.54, 1.807) is 59.4 Å². The standard InChI is InChI=1S/C22H21ClN2O5/c1-28-17-4-2-3-16(13-17)22(27)25-9-7-24(8-10-25)20(26)6-5-15-11-18(23)21-19(12-15)29-14-30-21/h2-6,11-13H,7-10,14H2,1H3/b6-5+. The van der Waals surface area contributed by atoms with Crippen molar-refractivity contribution in [2.24, 2.45) is 0 Å². The number of hydrogen-bond donors (Lipinski definition) is 0. The van der Waals surface area contributed by atoms with Crippen LogP contribution in [0.2, 0.25) is 5.02 Å². The first kappa shape index (κ1) is 20.1. The van der Waals surface area contributed by atoms with Crippen molar-refractivity contribution < 1.29 is 23.8 Å². The maximum Gasteiger partial charge on any atom is 0.254 e. The smallest absolute Gasteiger partial charge is 0.254 e. The number of carbonyl (C=O) groups excluding carboxylic acids is 2. The molecule has 0 spiro atoms. The molecule has 0 aromatic heterocycles. The van der Waals surface area contributed by atoms with Crippen molar-refractivity contribution in [2.45, 2.75) is 0 Å². The van der Waals surface area contributed by atoms with Gasteiger partial charge in [-0.05, 0) is 42.0 Å². The minimum atomic E-state index is -0.114. The zero-order valence-electron chi connectivity index (χ0n) is 16.5. The van der Waals surface area contributed by atoms with Crippen molar-refractivity contribution in [3.63, 3.8) is 0 Å². The molecule has 2 heterocycles. The second-order valence-electron chi connectivity index (χ2n) is 6.92. The van der Waals surface area contributed by atoms with E-state index >= 15 is 0 Å². The van der Waals surface area contributed by atoms with Crippen LogP contribution in [0, 0.1) is 0 Å². The molecule has 2 aliphatic heterocycles. The topological polar surface area (TPSA) is 68.3 Å². The van der Waals surface area contributed by atoms with Crippen LogP contribution in [0.25, 0.3) is 6.08 Å². The normalized spacial score (nSPS) is 15.5. The molecule has 2 aromatic rings. The summed E-state index contributed by atoms with van der Waals surface area (Å²) in [6.45, 7) is 2.04. The molecule has 8 heteroatoms. The first-order chi connectivity index (χ1) is 14.5. The molecule has 30 heavy (non-hydrogen) atoms. The lowest BCUT2D eigenvalue weighted by atomic mass is 10.1. The van der Waals surface area contributed by atoms with Crippen LogP contribution in [0.1, 0.15) is 15.9 Å². The summed E-state index contributed by atoms with van der Waals surface area (Å²) < 4.78 is 15.8. The van der Waals surface area contributed by atoms with Crippen molar-refractivity contribution in [3.8, 4) is 17.2 Å². The number of fused-ring (bicyclic) bond motifs is 1. The van der Waals surface area contributed by atoms with Crippen LogP contribution in [-0.2, 0) is 4.79 Å². The molecular formula is C22H21ClN2O5. The van der Waals surface area contributed by atoms with E-state index in [9.17, 15) is 9.59 Å². The molecule has 7 nitrogen and oxygen atoms in total. The van der Waals surface area contributed by atoms with Crippen LogP contribution in [0.4, 0.5) is 0 Å². The second-order valence-corrected chi connectivity index (χ2v) is 7.33. The van der Waals surface area contributed by atoms with Crippen LogP contribution in [0.3, 0.4) is 0 Å². The molecule has 0 radical (unpaired) electrons. The van der Waals surface area contributed by atoms with Crippen molar-refractivity contribution in [1.29, 1.82) is 0 Å². The second kappa shape index (κ2) is 8.67. The van der Waals surface area contributed by atoms with Crippen molar-refractivity contribution in [2.75, 3.05) is 40.1 Å². The van der Waals surface area contributed by atoms with Gasteiger partial charge in [0.15, 0.2) is 11.5 Å². The van der Waals surface area contributed by atoms with Gasteiger partial charge in [-0.25, -0.2) is 0 Å². The monoisotopic (exact) mass is 428 g/mol. The van der Waals surface area contributed by atoms with E-state index in [0.29, 0.717) is 54.0 Å². The van der Waals surface area contributed by atoms with E-state index in [1.807, 2.05) is 0 Å². The van der Waals surface area contributed by atoms with Crippen LogP contribution in [-0.4, -0.2) is 61.7 Å². The molecule has 1 fully saturated rings. The van der Waals surface area contributed by atoms with E-state index in [2.05, 4.69) is 0 Å². The number of piperazine rings is 1. The third-order valence-electron chi connectivity index (χ3n) is 5.06. The number of ether oxygens (including phenoxy) is 3. The molecule has 0 unspecified atom stereocenters. The minimum absolute atomic E-state index is 0.0634. The molecule has 1 saturated heterocycles. The van der Waals surface area contributed by atoms with Gasteiger partial charge in [-0.3, -0.25) is 9.59 Å². The quantitative estimate of drug-likeness (QED) is 0.700. The Kier molecular flexibility index (Phi) is 5.81. The van der Waals surface area contributed by atoms with Gasteiger partial charge in [0.25, 0.3) is 5.91 Å². The fourth-order valence-corrected chi connectivity index (χ4v) is 3.70. The Hall–Kier alpha value is -3.19. The van der Waals surface area contributed by atoms with E-state index in [1.165, 1.54) is 6.08 Å². The highest BCUT2D eigenvalue weighted by Crippen LogP contribution is 2.40. The number of benzene rings is 2. The SMILES string of the molecule is COc1cccc(C(=O)N2CCN(C(=O)/C=C/c3cc(Cl)c4c(c3)OCO4)CC2)c1. The summed E-state index contributed by atoms with van der Waals surface area (Å²) in [7, 11) is 1.57. The highest BCUT2D eigenvalue weighted by molar-refractivity contribution is 6.32. The third kappa shape index (κ3) is 4.21. The van der Waals surface area contributed by atoms with Crippen LogP contribution >= 0.6 is 11.6 Å². The number of nitrogens with zero attached hydrogens (tertiary/aromatic N) is 2. The van der Waals surface area contributed by atoms with E-state index in [4.69, 9.17) is 25.8 Å². The molecule has 0 N–H and O–H groups in total. The van der Waals surface area contributed by atoms with Gasteiger partial charge in [0, 0.05) is 37.8 Å². The lowest BCUT2D eigenvalue weighted by Gasteiger charge is -2.34. The Labute approximate surface area is 179 Å². The molecule has 2 aliphatic rings. The Morgan fingerprint density at radius 3 is 2.60 bits per heavy atom. The average molecular weight is 429 g/mol.